The SMILES string of the molecule is O=C(Cl)c1ccccc1.O=C(Nc1ccc2[nH]nc(-c3ccncc3)c2c1)C1CN(C(=O)c2ccccc2)CCO1.O=C(Nc1ccc2[nH]nc(-c3ccncc3)c2c1)C1CNCCO1.[2H]CC. The highest BCUT2D eigenvalue weighted by Gasteiger charge is 2.30. The van der Waals surface area contributed by atoms with Gasteiger partial charge in [-0.15, -0.1) is 0 Å². The topological polar surface area (TPSA) is 209 Å². The van der Waals surface area contributed by atoms with Crippen molar-refractivity contribution >= 4 is 67.7 Å². The first-order chi connectivity index (χ1) is 33.2. The molecule has 2 saturated heterocycles. The lowest BCUT2D eigenvalue weighted by molar-refractivity contribution is -0.131. The van der Waals surface area contributed by atoms with Crippen molar-refractivity contribution in [3.63, 3.8) is 0 Å². The van der Waals surface area contributed by atoms with Gasteiger partial charge in [0.15, 0.2) is 6.10 Å². The summed E-state index contributed by atoms with van der Waals surface area (Å²) in [6.07, 6.45) is 5.69. The van der Waals surface area contributed by atoms with Crippen LogP contribution in [-0.4, -0.2) is 110 Å². The van der Waals surface area contributed by atoms with Gasteiger partial charge in [-0.1, -0.05) is 62.4 Å². The number of rotatable bonds is 8. The van der Waals surface area contributed by atoms with Gasteiger partial charge >= 0.3 is 0 Å². The minimum absolute atomic E-state index is 0.103. The van der Waals surface area contributed by atoms with Crippen molar-refractivity contribution in [3.8, 4) is 22.5 Å². The molecule has 10 rings (SSSR count). The van der Waals surface area contributed by atoms with E-state index in [4.69, 9.17) is 22.4 Å². The molecule has 17 heteroatoms. The van der Waals surface area contributed by atoms with Crippen LogP contribution in [0.2, 0.25) is 0 Å². The number of amides is 3. The van der Waals surface area contributed by atoms with E-state index in [1.54, 1.807) is 73.0 Å². The van der Waals surface area contributed by atoms with Crippen molar-refractivity contribution in [3.05, 3.63) is 157 Å². The number of aromatic nitrogens is 6. The van der Waals surface area contributed by atoms with Crippen molar-refractivity contribution in [1.82, 2.24) is 40.6 Å². The molecule has 4 aromatic carbocycles. The number of nitrogens with one attached hydrogen (secondary N) is 5. The summed E-state index contributed by atoms with van der Waals surface area (Å²) in [5, 5.41) is 25.2. The average Bonchev–Trinajstić information content (AvgIpc) is 4.02. The van der Waals surface area contributed by atoms with Crippen molar-refractivity contribution in [2.75, 3.05) is 50.0 Å². The average molecular weight is 922 g/mol. The fourth-order valence-electron chi connectivity index (χ4n) is 7.15. The molecule has 67 heavy (non-hydrogen) atoms. The molecule has 342 valence electrons. The molecule has 3 amide bonds. The molecule has 0 saturated carbocycles. The van der Waals surface area contributed by atoms with Crippen LogP contribution in [0.5, 0.6) is 0 Å². The summed E-state index contributed by atoms with van der Waals surface area (Å²) < 4.78 is 17.3. The first-order valence-corrected chi connectivity index (χ1v) is 21.8. The number of aromatic amines is 2. The second kappa shape index (κ2) is 23.5. The number of carbonyl (C=O) groups excluding carboxylic acids is 4. The fraction of sp³-hybridized carbons (Fsp3) is 0.200. The molecule has 2 fully saturated rings. The Balaban J connectivity index is 0.000000166. The number of H-pyrrole nitrogens is 2. The van der Waals surface area contributed by atoms with E-state index < -0.39 is 17.5 Å². The largest absolute Gasteiger partial charge is 0.366 e. The van der Waals surface area contributed by atoms with Gasteiger partial charge in [-0.25, -0.2) is 0 Å². The molecule has 0 spiro atoms. The zero-order valence-corrected chi connectivity index (χ0v) is 37.3. The standard InChI is InChI=1S/C24H21N5O3.C17H17N5O2.C7H5ClO.C2H6/c30-23(21-15-29(12-13-32-21)24(31)17-4-2-1-3-5-17)26-18-6-7-20-19(14-18)22(28-27-20)16-8-10-25-11-9-16;23-17(15-10-19-7-8-24-15)20-12-1-2-14-13(9-12)16(22-21-14)11-3-5-18-6-4-11;8-7(9)6-4-2-1-3-5-6;1-2/h1-11,14,21H,12-13,15H2,(H,26,30)(H,27,28);1-6,9,15,19H,7-8,10H2,(H,20,23)(H,21,22);1-5H;1-2H3/i;;;1D. The van der Waals surface area contributed by atoms with E-state index in [1.807, 2.05) is 84.9 Å². The van der Waals surface area contributed by atoms with Crippen molar-refractivity contribution in [2.45, 2.75) is 26.0 Å². The van der Waals surface area contributed by atoms with E-state index in [0.29, 0.717) is 50.0 Å². The maximum absolute atomic E-state index is 12.9. The highest BCUT2D eigenvalue weighted by atomic mass is 35.5. The Morgan fingerprint density at radius 1 is 0.672 bits per heavy atom. The molecule has 2 unspecified atom stereocenters. The molecule has 4 aromatic heterocycles. The van der Waals surface area contributed by atoms with Crippen LogP contribution >= 0.6 is 11.6 Å². The monoisotopic (exact) mass is 921 g/mol. The molecule has 6 heterocycles. The molecule has 2 aliphatic heterocycles. The number of halogens is 1. The third kappa shape index (κ3) is 12.4. The number of carbonyl (C=O) groups is 4. The number of benzene rings is 4. The molecule has 0 aliphatic carbocycles. The van der Waals surface area contributed by atoms with Gasteiger partial charge in [0.05, 0.1) is 30.8 Å². The Hall–Kier alpha value is -7.63. The number of anilines is 2. The molecular formula is C50H49ClN10O6. The molecule has 2 atom stereocenters. The van der Waals surface area contributed by atoms with Gasteiger partial charge in [0.25, 0.3) is 23.0 Å². The number of hydrogen-bond donors (Lipinski definition) is 5. The zero-order chi connectivity index (χ0) is 47.7. The Labute approximate surface area is 392 Å². The van der Waals surface area contributed by atoms with Gasteiger partial charge in [-0.3, -0.25) is 39.3 Å². The van der Waals surface area contributed by atoms with Crippen LogP contribution in [0.25, 0.3) is 44.3 Å². The summed E-state index contributed by atoms with van der Waals surface area (Å²) in [6.45, 7) is 5.11. The normalized spacial score (nSPS) is 15.6. The summed E-state index contributed by atoms with van der Waals surface area (Å²) >= 11 is 5.16. The first-order valence-electron chi connectivity index (χ1n) is 22.1. The highest BCUT2D eigenvalue weighted by molar-refractivity contribution is 6.67. The van der Waals surface area contributed by atoms with Gasteiger partial charge in [0, 0.05) is 90.2 Å². The Morgan fingerprint density at radius 2 is 1.16 bits per heavy atom. The zero-order valence-electron chi connectivity index (χ0n) is 37.5. The number of pyridine rings is 2. The smallest absolute Gasteiger partial charge is 0.255 e. The number of morpholine rings is 2. The molecule has 2 aliphatic rings. The predicted molar refractivity (Wildman–Crippen MR) is 259 cm³/mol. The summed E-state index contributed by atoms with van der Waals surface area (Å²) in [4.78, 5) is 58.1. The summed E-state index contributed by atoms with van der Waals surface area (Å²) in [7, 11) is 0. The van der Waals surface area contributed by atoms with E-state index in [-0.39, 0.29) is 24.3 Å². The fourth-order valence-corrected chi connectivity index (χ4v) is 7.27. The second-order valence-electron chi connectivity index (χ2n) is 14.8. The molecule has 8 aromatic rings. The minimum Gasteiger partial charge on any atom is -0.366 e. The first kappa shape index (κ1) is 45.9. The van der Waals surface area contributed by atoms with Crippen LogP contribution in [0.1, 0.15) is 35.9 Å². The van der Waals surface area contributed by atoms with Gasteiger partial charge in [-0.05, 0) is 84.4 Å². The third-order valence-electron chi connectivity index (χ3n) is 10.5. The second-order valence-corrected chi connectivity index (χ2v) is 15.1. The number of hydrogen-bond acceptors (Lipinski definition) is 11. The number of fused-ring (bicyclic) bond motifs is 2. The summed E-state index contributed by atoms with van der Waals surface area (Å²) in [5.74, 6) is -0.534. The lowest BCUT2D eigenvalue weighted by Crippen LogP contribution is -2.50. The van der Waals surface area contributed by atoms with E-state index >= 15 is 0 Å². The van der Waals surface area contributed by atoms with Gasteiger partial charge in [-0.2, -0.15) is 10.2 Å². The molecule has 16 nitrogen and oxygen atoms in total. The molecule has 0 bridgehead atoms. The number of nitrogens with zero attached hydrogens (tertiary/aromatic N) is 5. The lowest BCUT2D eigenvalue weighted by Gasteiger charge is -2.32. The van der Waals surface area contributed by atoms with Gasteiger partial charge in [0.1, 0.15) is 17.5 Å². The van der Waals surface area contributed by atoms with E-state index in [2.05, 4.69) is 46.3 Å². The van der Waals surface area contributed by atoms with Crippen LogP contribution < -0.4 is 16.0 Å². The Bertz CT molecular complexity index is 2900. The van der Waals surface area contributed by atoms with Gasteiger partial charge in [0.2, 0.25) is 0 Å². The number of ether oxygens (including phenoxy) is 2. The molecular weight excluding hydrogens is 872 g/mol. The van der Waals surface area contributed by atoms with Crippen LogP contribution in [-0.2, 0) is 19.1 Å². The van der Waals surface area contributed by atoms with E-state index in [1.165, 1.54) is 0 Å². The van der Waals surface area contributed by atoms with Crippen LogP contribution in [0.3, 0.4) is 0 Å². The maximum Gasteiger partial charge on any atom is 0.255 e. The van der Waals surface area contributed by atoms with Crippen LogP contribution in [0.15, 0.2) is 146 Å². The van der Waals surface area contributed by atoms with Crippen molar-refractivity contribution in [2.24, 2.45) is 0 Å². The Morgan fingerprint density at radius 3 is 1.64 bits per heavy atom. The summed E-state index contributed by atoms with van der Waals surface area (Å²) in [5.41, 5.74) is 7.79. The third-order valence-corrected chi connectivity index (χ3v) is 10.7. The van der Waals surface area contributed by atoms with Crippen LogP contribution in [0, 0.1) is 0 Å². The lowest BCUT2D eigenvalue weighted by atomic mass is 10.1. The highest BCUT2D eigenvalue weighted by Crippen LogP contribution is 2.30. The van der Waals surface area contributed by atoms with Crippen LogP contribution in [0.4, 0.5) is 11.4 Å². The van der Waals surface area contributed by atoms with E-state index in [0.717, 1.165) is 56.6 Å². The summed E-state index contributed by atoms with van der Waals surface area (Å²) in [6, 6.07) is 36.6. The predicted octanol–water partition coefficient (Wildman–Crippen LogP) is 7.75. The van der Waals surface area contributed by atoms with E-state index in [9.17, 15) is 19.2 Å². The quantitative estimate of drug-likeness (QED) is 0.0931. The molecule has 0 radical (unpaired) electrons. The van der Waals surface area contributed by atoms with Crippen molar-refractivity contribution < 1.29 is 30.0 Å². The molecule has 5 N–H and O–H groups in total. The maximum atomic E-state index is 12.9. The minimum atomic E-state index is -0.740. The van der Waals surface area contributed by atoms with Gasteiger partial charge < -0.3 is 30.3 Å². The Kier molecular flexibility index (Phi) is 16.1. The van der Waals surface area contributed by atoms with Crippen molar-refractivity contribution in [1.29, 1.82) is 0 Å².